The van der Waals surface area contributed by atoms with E-state index >= 15 is 0 Å². The van der Waals surface area contributed by atoms with Gasteiger partial charge in [0.2, 0.25) is 0 Å². The van der Waals surface area contributed by atoms with Gasteiger partial charge in [-0.1, -0.05) is 0 Å². The van der Waals surface area contributed by atoms with Gasteiger partial charge in [-0.25, -0.2) is 0 Å². The number of ether oxygens (including phenoxy) is 1. The molecule has 0 saturated carbocycles. The Morgan fingerprint density at radius 2 is 2.25 bits per heavy atom. The molecule has 0 unspecified atom stereocenters. The lowest BCUT2D eigenvalue weighted by atomic mass is 10.2. The Labute approximate surface area is 116 Å². The van der Waals surface area contributed by atoms with E-state index in [4.69, 9.17) is 9.15 Å². The van der Waals surface area contributed by atoms with Gasteiger partial charge in [-0.2, -0.15) is 0 Å². The number of nitrogens with zero attached hydrogens (tertiary/aromatic N) is 1. The van der Waals surface area contributed by atoms with E-state index in [1.54, 1.807) is 12.3 Å². The Kier molecular flexibility index (Phi) is 4.60. The molecular formula is C14H16N2O4. The number of nitro benzene ring substituents is 1. The van der Waals surface area contributed by atoms with Crippen molar-refractivity contribution in [2.45, 2.75) is 13.3 Å². The van der Waals surface area contributed by atoms with Gasteiger partial charge in [-0.05, 0) is 19.1 Å². The third kappa shape index (κ3) is 3.74. The van der Waals surface area contributed by atoms with Crippen LogP contribution >= 0.6 is 0 Å². The van der Waals surface area contributed by atoms with E-state index in [-0.39, 0.29) is 5.69 Å². The van der Waals surface area contributed by atoms with E-state index in [1.165, 1.54) is 12.1 Å². The minimum Gasteiger partial charge on any atom is -0.494 e. The van der Waals surface area contributed by atoms with Crippen LogP contribution in [0.4, 0.5) is 11.4 Å². The Balaban J connectivity index is 2.03. The molecule has 6 heteroatoms. The predicted molar refractivity (Wildman–Crippen MR) is 75.2 cm³/mol. The molecule has 1 aromatic heterocycles. The highest BCUT2D eigenvalue weighted by Gasteiger charge is 2.10. The molecule has 20 heavy (non-hydrogen) atoms. The zero-order valence-electron chi connectivity index (χ0n) is 11.2. The van der Waals surface area contributed by atoms with Crippen LogP contribution in [0, 0.1) is 10.1 Å². The summed E-state index contributed by atoms with van der Waals surface area (Å²) in [6, 6.07) is 8.38. The minimum atomic E-state index is -0.430. The maximum Gasteiger partial charge on any atom is 0.275 e. The third-order valence-corrected chi connectivity index (χ3v) is 2.69. The number of furan rings is 1. The third-order valence-electron chi connectivity index (χ3n) is 2.69. The molecular weight excluding hydrogens is 260 g/mol. The number of nitrogens with one attached hydrogen (secondary N) is 1. The van der Waals surface area contributed by atoms with Gasteiger partial charge in [-0.3, -0.25) is 10.1 Å². The number of non-ortho nitro benzene ring substituents is 1. The fourth-order valence-corrected chi connectivity index (χ4v) is 1.83. The van der Waals surface area contributed by atoms with Crippen molar-refractivity contribution in [2.24, 2.45) is 0 Å². The van der Waals surface area contributed by atoms with E-state index < -0.39 is 4.92 Å². The second kappa shape index (κ2) is 6.60. The summed E-state index contributed by atoms with van der Waals surface area (Å²) in [5.41, 5.74) is 0.672. The zero-order chi connectivity index (χ0) is 14.4. The maximum absolute atomic E-state index is 10.9. The monoisotopic (exact) mass is 276 g/mol. The van der Waals surface area contributed by atoms with Crippen LogP contribution in [0.25, 0.3) is 0 Å². The Bertz CT molecular complexity index is 567. The van der Waals surface area contributed by atoms with Crippen molar-refractivity contribution in [1.29, 1.82) is 0 Å². The van der Waals surface area contributed by atoms with Crippen molar-refractivity contribution in [3.05, 3.63) is 52.5 Å². The highest BCUT2D eigenvalue weighted by atomic mass is 16.6. The van der Waals surface area contributed by atoms with Gasteiger partial charge in [0.15, 0.2) is 0 Å². The second-order valence-corrected chi connectivity index (χ2v) is 4.16. The smallest absolute Gasteiger partial charge is 0.275 e. The van der Waals surface area contributed by atoms with Crippen molar-refractivity contribution in [3.63, 3.8) is 0 Å². The van der Waals surface area contributed by atoms with Gasteiger partial charge < -0.3 is 14.5 Å². The molecule has 1 aromatic carbocycles. The normalized spacial score (nSPS) is 10.2. The molecule has 0 aliphatic heterocycles. The number of hydrogen-bond donors (Lipinski definition) is 1. The Morgan fingerprint density at radius 3 is 2.90 bits per heavy atom. The van der Waals surface area contributed by atoms with Crippen LogP contribution in [0.3, 0.4) is 0 Å². The fourth-order valence-electron chi connectivity index (χ4n) is 1.83. The van der Waals surface area contributed by atoms with E-state index in [9.17, 15) is 10.1 Å². The summed E-state index contributed by atoms with van der Waals surface area (Å²) in [6.45, 7) is 2.93. The fraction of sp³-hybridized carbons (Fsp3) is 0.286. The summed E-state index contributed by atoms with van der Waals surface area (Å²) >= 11 is 0. The highest BCUT2D eigenvalue weighted by Crippen LogP contribution is 2.26. The van der Waals surface area contributed by atoms with Crippen LogP contribution < -0.4 is 10.1 Å². The van der Waals surface area contributed by atoms with Crippen LogP contribution in [0.5, 0.6) is 5.75 Å². The Hall–Kier alpha value is -2.50. The molecule has 0 saturated heterocycles. The molecule has 0 atom stereocenters. The molecule has 0 aliphatic carbocycles. The quantitative estimate of drug-likeness (QED) is 0.620. The second-order valence-electron chi connectivity index (χ2n) is 4.16. The molecule has 0 radical (unpaired) electrons. The lowest BCUT2D eigenvalue weighted by Gasteiger charge is -2.08. The van der Waals surface area contributed by atoms with E-state index in [0.29, 0.717) is 31.0 Å². The number of anilines is 1. The first-order valence-corrected chi connectivity index (χ1v) is 6.37. The summed E-state index contributed by atoms with van der Waals surface area (Å²) in [4.78, 5) is 10.4. The lowest BCUT2D eigenvalue weighted by molar-refractivity contribution is -0.384. The molecule has 0 amide bonds. The zero-order valence-corrected chi connectivity index (χ0v) is 11.2. The summed E-state index contributed by atoms with van der Waals surface area (Å²) in [6.07, 6.45) is 2.33. The molecule has 2 rings (SSSR count). The molecule has 1 heterocycles. The van der Waals surface area contributed by atoms with Crippen LogP contribution in [-0.4, -0.2) is 18.1 Å². The maximum atomic E-state index is 10.9. The molecule has 106 valence electrons. The molecule has 2 aromatic rings. The summed E-state index contributed by atoms with van der Waals surface area (Å²) in [7, 11) is 0. The number of benzene rings is 1. The predicted octanol–water partition coefficient (Wildman–Crippen LogP) is 3.24. The van der Waals surface area contributed by atoms with Crippen molar-refractivity contribution >= 4 is 11.4 Å². The van der Waals surface area contributed by atoms with Crippen molar-refractivity contribution in [3.8, 4) is 5.75 Å². The average Bonchev–Trinajstić information content (AvgIpc) is 2.92. The molecule has 6 nitrogen and oxygen atoms in total. The minimum absolute atomic E-state index is 0.0106. The summed E-state index contributed by atoms with van der Waals surface area (Å²) < 4.78 is 10.5. The van der Waals surface area contributed by atoms with Gasteiger partial charge in [0.25, 0.3) is 5.69 Å². The van der Waals surface area contributed by atoms with Gasteiger partial charge in [0.05, 0.1) is 23.9 Å². The molecule has 0 aliphatic rings. The van der Waals surface area contributed by atoms with Crippen molar-refractivity contribution < 1.29 is 14.1 Å². The van der Waals surface area contributed by atoms with Crippen molar-refractivity contribution in [1.82, 2.24) is 0 Å². The standard InChI is InChI=1S/C14H16N2O4/c1-2-19-14-9-11(8-12(10-14)16(17)18)15-6-5-13-4-3-7-20-13/h3-4,7-10,15H,2,5-6H2,1H3. The van der Waals surface area contributed by atoms with Gasteiger partial charge in [-0.15, -0.1) is 0 Å². The molecule has 0 fully saturated rings. The van der Waals surface area contributed by atoms with Crippen LogP contribution in [0.1, 0.15) is 12.7 Å². The molecule has 1 N–H and O–H groups in total. The number of hydrogen-bond acceptors (Lipinski definition) is 5. The highest BCUT2D eigenvalue weighted by molar-refractivity contribution is 5.56. The SMILES string of the molecule is CCOc1cc(NCCc2ccco2)cc([N+](=O)[O-])c1. The first-order chi connectivity index (χ1) is 9.69. The summed E-state index contributed by atoms with van der Waals surface area (Å²) in [5.74, 6) is 1.36. The van der Waals surface area contributed by atoms with Gasteiger partial charge >= 0.3 is 0 Å². The van der Waals surface area contributed by atoms with E-state index in [0.717, 1.165) is 5.76 Å². The van der Waals surface area contributed by atoms with Gasteiger partial charge in [0.1, 0.15) is 11.5 Å². The van der Waals surface area contributed by atoms with E-state index in [2.05, 4.69) is 5.32 Å². The first kappa shape index (κ1) is 13.9. The summed E-state index contributed by atoms with van der Waals surface area (Å²) in [5, 5.41) is 14.0. The molecule has 0 spiro atoms. The number of rotatable bonds is 7. The Morgan fingerprint density at radius 1 is 1.40 bits per heavy atom. The van der Waals surface area contributed by atoms with Crippen LogP contribution in [0.15, 0.2) is 41.0 Å². The van der Waals surface area contributed by atoms with Gasteiger partial charge in [0, 0.05) is 30.8 Å². The van der Waals surface area contributed by atoms with Crippen LogP contribution in [0.2, 0.25) is 0 Å². The largest absolute Gasteiger partial charge is 0.494 e. The first-order valence-electron chi connectivity index (χ1n) is 6.37. The lowest BCUT2D eigenvalue weighted by Crippen LogP contribution is -2.05. The molecule has 0 bridgehead atoms. The van der Waals surface area contributed by atoms with Crippen molar-refractivity contribution in [2.75, 3.05) is 18.5 Å². The van der Waals surface area contributed by atoms with E-state index in [1.807, 2.05) is 19.1 Å². The average molecular weight is 276 g/mol. The topological polar surface area (TPSA) is 77.5 Å². The number of nitro groups is 1. The van der Waals surface area contributed by atoms with Crippen LogP contribution in [-0.2, 0) is 6.42 Å².